The molecule has 3 rings (SSSR count). The van der Waals surface area contributed by atoms with E-state index in [1.807, 2.05) is 0 Å². The Morgan fingerprint density at radius 3 is 2.81 bits per heavy atom. The Hall–Kier alpha value is -1.07. The Morgan fingerprint density at radius 2 is 2.19 bits per heavy atom. The van der Waals surface area contributed by atoms with Crippen LogP contribution >= 0.6 is 15.9 Å². The van der Waals surface area contributed by atoms with Gasteiger partial charge in [0.05, 0.1) is 6.61 Å². The summed E-state index contributed by atoms with van der Waals surface area (Å²) in [6.45, 7) is 3.23. The van der Waals surface area contributed by atoms with E-state index in [9.17, 15) is 15.2 Å². The number of imidazole rings is 1. The van der Waals surface area contributed by atoms with Crippen molar-refractivity contribution in [3.8, 4) is 0 Å². The molecule has 2 aliphatic rings. The van der Waals surface area contributed by atoms with Gasteiger partial charge in [-0.1, -0.05) is 0 Å². The molecule has 2 saturated heterocycles. The van der Waals surface area contributed by atoms with Crippen LogP contribution in [0.15, 0.2) is 10.9 Å². The van der Waals surface area contributed by atoms with Crippen LogP contribution in [0.3, 0.4) is 0 Å². The first-order valence-electron chi connectivity index (χ1n) is 6.33. The first-order valence-corrected chi connectivity index (χ1v) is 7.12. The SMILES string of the molecule is CC1(C)O[C@@H]2[C@H](O1)[C@@H](CO)O[C@H]2n1cnc(Br)c1[N+](=O)[O-]. The number of ether oxygens (including phenoxy) is 3. The van der Waals surface area contributed by atoms with Gasteiger partial charge in [-0.25, -0.2) is 4.98 Å². The lowest BCUT2D eigenvalue weighted by Gasteiger charge is -2.22. The number of aromatic nitrogens is 2. The van der Waals surface area contributed by atoms with Gasteiger partial charge in [0.1, 0.15) is 12.2 Å². The summed E-state index contributed by atoms with van der Waals surface area (Å²) in [7, 11) is 0. The fourth-order valence-electron chi connectivity index (χ4n) is 2.72. The van der Waals surface area contributed by atoms with E-state index in [4.69, 9.17) is 14.2 Å². The second kappa shape index (κ2) is 4.99. The fraction of sp³-hybridized carbons (Fsp3) is 0.727. The quantitative estimate of drug-likeness (QED) is 0.629. The van der Waals surface area contributed by atoms with Crippen molar-refractivity contribution in [2.45, 2.75) is 44.2 Å². The minimum atomic E-state index is -0.836. The van der Waals surface area contributed by atoms with E-state index in [0.29, 0.717) is 0 Å². The zero-order chi connectivity index (χ0) is 15.4. The first-order chi connectivity index (χ1) is 9.84. The lowest BCUT2D eigenvalue weighted by molar-refractivity contribution is -0.395. The zero-order valence-electron chi connectivity index (χ0n) is 11.3. The average molecular weight is 364 g/mol. The molecule has 1 N–H and O–H groups in total. The Bertz CT molecular complexity index is 576. The Kier molecular flexibility index (Phi) is 3.53. The molecule has 3 heterocycles. The lowest BCUT2D eigenvalue weighted by atomic mass is 10.1. The van der Waals surface area contributed by atoms with Crippen LogP contribution in [-0.4, -0.2) is 50.3 Å². The number of hydrogen-bond acceptors (Lipinski definition) is 7. The molecule has 0 aromatic carbocycles. The molecule has 0 bridgehead atoms. The molecule has 9 nitrogen and oxygen atoms in total. The van der Waals surface area contributed by atoms with Gasteiger partial charge in [-0.05, 0) is 34.7 Å². The molecule has 1 aromatic rings. The van der Waals surface area contributed by atoms with Crippen molar-refractivity contribution in [2.24, 2.45) is 0 Å². The smallest absolute Gasteiger partial charge is 0.359 e. The molecule has 2 aliphatic heterocycles. The summed E-state index contributed by atoms with van der Waals surface area (Å²) in [5.41, 5.74) is 0. The van der Waals surface area contributed by atoms with Gasteiger partial charge in [-0.2, -0.15) is 4.57 Å². The molecule has 0 amide bonds. The number of aliphatic hydroxyl groups is 1. The highest BCUT2D eigenvalue weighted by Crippen LogP contribution is 2.44. The van der Waals surface area contributed by atoms with E-state index in [-0.39, 0.29) is 17.0 Å². The van der Waals surface area contributed by atoms with E-state index in [1.165, 1.54) is 10.9 Å². The maximum absolute atomic E-state index is 11.2. The van der Waals surface area contributed by atoms with Crippen LogP contribution in [0.2, 0.25) is 0 Å². The van der Waals surface area contributed by atoms with Crippen molar-refractivity contribution < 1.29 is 24.2 Å². The van der Waals surface area contributed by atoms with E-state index >= 15 is 0 Å². The van der Waals surface area contributed by atoms with E-state index in [0.717, 1.165) is 0 Å². The van der Waals surface area contributed by atoms with Gasteiger partial charge < -0.3 is 29.4 Å². The highest BCUT2D eigenvalue weighted by Gasteiger charge is 2.58. The number of rotatable bonds is 3. The number of nitro groups is 1. The summed E-state index contributed by atoms with van der Waals surface area (Å²) in [6.07, 6.45) is -1.14. The second-order valence-electron chi connectivity index (χ2n) is 5.34. The van der Waals surface area contributed by atoms with Gasteiger partial charge in [-0.15, -0.1) is 0 Å². The van der Waals surface area contributed by atoms with Gasteiger partial charge >= 0.3 is 5.82 Å². The summed E-state index contributed by atoms with van der Waals surface area (Å²) in [5, 5.41) is 20.6. The monoisotopic (exact) mass is 363 g/mol. The molecule has 116 valence electrons. The lowest BCUT2D eigenvalue weighted by Crippen LogP contribution is -2.31. The maximum atomic E-state index is 11.2. The third-order valence-electron chi connectivity index (χ3n) is 3.48. The third-order valence-corrected chi connectivity index (χ3v) is 4.04. The van der Waals surface area contributed by atoms with Crippen molar-refractivity contribution in [3.05, 3.63) is 21.0 Å². The molecule has 10 heteroatoms. The van der Waals surface area contributed by atoms with Crippen LogP contribution in [0.5, 0.6) is 0 Å². The molecule has 21 heavy (non-hydrogen) atoms. The minimum Gasteiger partial charge on any atom is -0.394 e. The largest absolute Gasteiger partial charge is 0.394 e. The zero-order valence-corrected chi connectivity index (χ0v) is 12.9. The second-order valence-corrected chi connectivity index (χ2v) is 6.09. The summed E-state index contributed by atoms with van der Waals surface area (Å²) in [6, 6.07) is 0. The van der Waals surface area contributed by atoms with Crippen molar-refractivity contribution in [2.75, 3.05) is 6.61 Å². The molecule has 0 radical (unpaired) electrons. The van der Waals surface area contributed by atoms with Crippen LogP contribution in [-0.2, 0) is 14.2 Å². The number of hydrogen-bond donors (Lipinski definition) is 1. The summed E-state index contributed by atoms with van der Waals surface area (Å²) < 4.78 is 18.5. The molecule has 0 spiro atoms. The summed E-state index contributed by atoms with van der Waals surface area (Å²) in [4.78, 5) is 14.5. The molecular weight excluding hydrogens is 350 g/mol. The molecule has 0 aliphatic carbocycles. The van der Waals surface area contributed by atoms with Crippen molar-refractivity contribution in [1.29, 1.82) is 0 Å². The van der Waals surface area contributed by atoms with Crippen molar-refractivity contribution >= 4 is 21.7 Å². The van der Waals surface area contributed by atoms with Crippen LogP contribution in [0, 0.1) is 10.1 Å². The predicted octanol–water partition coefficient (Wildman–Crippen LogP) is 0.964. The Balaban J connectivity index is 1.98. The Labute approximate surface area is 128 Å². The topological polar surface area (TPSA) is 109 Å². The summed E-state index contributed by atoms with van der Waals surface area (Å²) in [5.74, 6) is -1.07. The number of fused-ring (bicyclic) bond motifs is 1. The van der Waals surface area contributed by atoms with E-state index in [2.05, 4.69) is 20.9 Å². The van der Waals surface area contributed by atoms with Crippen LogP contribution < -0.4 is 0 Å². The molecule has 2 fully saturated rings. The molecule has 0 saturated carbocycles. The van der Waals surface area contributed by atoms with Gasteiger partial charge in [0.2, 0.25) is 10.8 Å². The standard InChI is InChI=1S/C11H14BrN3O6/c1-11(2)20-6-5(3-16)19-10(7(6)21-11)14-4-13-8(12)9(14)15(17)18/h4-7,10,16H,3H2,1-2H3/t5-,6-,7-,10-/m1/s1. The highest BCUT2D eigenvalue weighted by atomic mass is 79.9. The average Bonchev–Trinajstić information content (AvgIpc) is 2.99. The third kappa shape index (κ3) is 2.36. The normalized spacial score (nSPS) is 34.1. The highest BCUT2D eigenvalue weighted by molar-refractivity contribution is 9.10. The van der Waals surface area contributed by atoms with Crippen molar-refractivity contribution in [1.82, 2.24) is 9.55 Å². The van der Waals surface area contributed by atoms with Crippen LogP contribution in [0.1, 0.15) is 20.1 Å². The maximum Gasteiger partial charge on any atom is 0.359 e. The summed E-state index contributed by atoms with van der Waals surface area (Å²) >= 11 is 3.04. The number of halogens is 1. The van der Waals surface area contributed by atoms with Crippen LogP contribution in [0.4, 0.5) is 5.82 Å². The predicted molar refractivity (Wildman–Crippen MR) is 71.4 cm³/mol. The van der Waals surface area contributed by atoms with Gasteiger partial charge in [-0.3, -0.25) is 0 Å². The molecular formula is C11H14BrN3O6. The minimum absolute atomic E-state index is 0.110. The fourth-order valence-corrected chi connectivity index (χ4v) is 3.16. The molecule has 1 aromatic heterocycles. The van der Waals surface area contributed by atoms with E-state index < -0.39 is 35.3 Å². The first kappa shape index (κ1) is 14.9. The van der Waals surface area contributed by atoms with Crippen molar-refractivity contribution in [3.63, 3.8) is 0 Å². The molecule has 4 atom stereocenters. The van der Waals surface area contributed by atoms with Crippen LogP contribution in [0.25, 0.3) is 0 Å². The van der Waals surface area contributed by atoms with Gasteiger partial charge in [0.25, 0.3) is 0 Å². The number of aliphatic hydroxyl groups excluding tert-OH is 1. The molecule has 0 unspecified atom stereocenters. The Morgan fingerprint density at radius 1 is 1.52 bits per heavy atom. The van der Waals surface area contributed by atoms with Gasteiger partial charge in [0.15, 0.2) is 18.2 Å². The van der Waals surface area contributed by atoms with Gasteiger partial charge in [0, 0.05) is 0 Å². The van der Waals surface area contributed by atoms with E-state index in [1.54, 1.807) is 13.8 Å². The number of nitrogens with zero attached hydrogens (tertiary/aromatic N) is 3.